The third kappa shape index (κ3) is 3.41. The zero-order chi connectivity index (χ0) is 13.8. The molecular formula is C15H12BrFO2. The first-order valence-electron chi connectivity index (χ1n) is 5.74. The van der Waals surface area contributed by atoms with Gasteiger partial charge < -0.3 is 4.74 Å². The molecule has 2 nitrogen and oxygen atoms in total. The van der Waals surface area contributed by atoms with Gasteiger partial charge in [-0.3, -0.25) is 4.79 Å². The number of benzene rings is 2. The highest BCUT2D eigenvalue weighted by Gasteiger charge is 2.13. The number of ether oxygens (including phenoxy) is 1. The molecule has 19 heavy (non-hydrogen) atoms. The van der Waals surface area contributed by atoms with E-state index in [2.05, 4.69) is 15.9 Å². The number of carbonyl (C=O) groups excluding carboxylic acids is 1. The molecule has 0 saturated carbocycles. The van der Waals surface area contributed by atoms with Crippen LogP contribution in [-0.4, -0.2) is 5.78 Å². The number of halogens is 2. The second-order valence-corrected chi connectivity index (χ2v) is 5.00. The predicted octanol–water partition coefficient (Wildman–Crippen LogP) is 4.37. The molecule has 0 N–H and O–H groups in total. The zero-order valence-corrected chi connectivity index (χ0v) is 11.9. The minimum absolute atomic E-state index is 0.000360. The highest BCUT2D eigenvalue weighted by molar-refractivity contribution is 9.10. The van der Waals surface area contributed by atoms with E-state index >= 15 is 0 Å². The number of ketones is 1. The Kier molecular flexibility index (Phi) is 4.32. The van der Waals surface area contributed by atoms with Gasteiger partial charge in [-0.05, 0) is 36.8 Å². The minimum atomic E-state index is -0.555. The molecule has 0 saturated heterocycles. The van der Waals surface area contributed by atoms with Crippen molar-refractivity contribution in [2.24, 2.45) is 0 Å². The van der Waals surface area contributed by atoms with E-state index in [1.807, 2.05) is 24.3 Å². The Hall–Kier alpha value is -1.68. The van der Waals surface area contributed by atoms with E-state index in [1.165, 1.54) is 19.1 Å². The summed E-state index contributed by atoms with van der Waals surface area (Å²) in [5.74, 6) is -0.625. The number of hydrogen-bond donors (Lipinski definition) is 0. The van der Waals surface area contributed by atoms with Crippen molar-refractivity contribution >= 4 is 21.7 Å². The zero-order valence-electron chi connectivity index (χ0n) is 10.3. The first-order chi connectivity index (χ1) is 9.08. The molecule has 2 aromatic rings. The smallest absolute Gasteiger partial charge is 0.166 e. The van der Waals surface area contributed by atoms with E-state index in [-0.39, 0.29) is 23.7 Å². The van der Waals surface area contributed by atoms with Gasteiger partial charge in [-0.1, -0.05) is 34.1 Å². The van der Waals surface area contributed by atoms with Crippen molar-refractivity contribution in [3.05, 3.63) is 63.9 Å². The average molecular weight is 323 g/mol. The van der Waals surface area contributed by atoms with E-state index in [4.69, 9.17) is 4.74 Å². The Morgan fingerprint density at radius 1 is 1.21 bits per heavy atom. The fraction of sp³-hybridized carbons (Fsp3) is 0.133. The van der Waals surface area contributed by atoms with Crippen LogP contribution in [0, 0.1) is 5.82 Å². The van der Waals surface area contributed by atoms with Gasteiger partial charge in [-0.25, -0.2) is 4.39 Å². The molecule has 0 radical (unpaired) electrons. The van der Waals surface area contributed by atoms with Crippen LogP contribution in [0.4, 0.5) is 4.39 Å². The molecule has 0 aromatic heterocycles. The lowest BCUT2D eigenvalue weighted by Crippen LogP contribution is -2.04. The lowest BCUT2D eigenvalue weighted by Gasteiger charge is -2.10. The molecule has 2 rings (SSSR count). The van der Waals surface area contributed by atoms with Gasteiger partial charge in [0, 0.05) is 4.47 Å². The lowest BCUT2D eigenvalue weighted by molar-refractivity contribution is 0.100. The molecular weight excluding hydrogens is 311 g/mol. The second-order valence-electron chi connectivity index (χ2n) is 4.08. The third-order valence-corrected chi connectivity index (χ3v) is 3.16. The van der Waals surface area contributed by atoms with Crippen molar-refractivity contribution in [3.8, 4) is 5.75 Å². The van der Waals surface area contributed by atoms with Crippen LogP contribution < -0.4 is 4.74 Å². The van der Waals surface area contributed by atoms with Crippen LogP contribution in [-0.2, 0) is 6.61 Å². The summed E-state index contributed by atoms with van der Waals surface area (Å²) in [5, 5.41) is 0. The summed E-state index contributed by atoms with van der Waals surface area (Å²) in [6, 6.07) is 12.0. The first-order valence-corrected chi connectivity index (χ1v) is 6.54. The van der Waals surface area contributed by atoms with Crippen LogP contribution in [0.15, 0.2) is 46.9 Å². The molecule has 0 aliphatic heterocycles. The Labute approximate surface area is 119 Å². The summed E-state index contributed by atoms with van der Waals surface area (Å²) in [4.78, 5) is 11.4. The normalized spacial score (nSPS) is 10.3. The van der Waals surface area contributed by atoms with Crippen LogP contribution in [0.5, 0.6) is 5.75 Å². The van der Waals surface area contributed by atoms with Crippen molar-refractivity contribution in [3.63, 3.8) is 0 Å². The SMILES string of the molecule is CC(=O)c1c(F)cccc1OCc1ccc(Br)cc1. The van der Waals surface area contributed by atoms with E-state index in [1.54, 1.807) is 6.07 Å². The quantitative estimate of drug-likeness (QED) is 0.781. The predicted molar refractivity (Wildman–Crippen MR) is 74.9 cm³/mol. The maximum Gasteiger partial charge on any atom is 0.166 e. The monoisotopic (exact) mass is 322 g/mol. The second kappa shape index (κ2) is 5.97. The lowest BCUT2D eigenvalue weighted by atomic mass is 10.1. The fourth-order valence-electron chi connectivity index (χ4n) is 1.71. The highest BCUT2D eigenvalue weighted by Crippen LogP contribution is 2.23. The summed E-state index contributed by atoms with van der Waals surface area (Å²) >= 11 is 3.35. The molecule has 4 heteroatoms. The number of rotatable bonds is 4. The number of carbonyl (C=O) groups is 1. The first kappa shape index (κ1) is 13.7. The van der Waals surface area contributed by atoms with E-state index in [0.717, 1.165) is 10.0 Å². The minimum Gasteiger partial charge on any atom is -0.488 e. The van der Waals surface area contributed by atoms with Crippen molar-refractivity contribution < 1.29 is 13.9 Å². The van der Waals surface area contributed by atoms with Crippen LogP contribution in [0.1, 0.15) is 22.8 Å². The van der Waals surface area contributed by atoms with Gasteiger partial charge in [0.2, 0.25) is 0 Å². The third-order valence-electron chi connectivity index (χ3n) is 2.64. The van der Waals surface area contributed by atoms with Gasteiger partial charge in [0.15, 0.2) is 5.78 Å². The molecule has 98 valence electrons. The molecule has 0 aliphatic rings. The van der Waals surface area contributed by atoms with Crippen molar-refractivity contribution in [2.45, 2.75) is 13.5 Å². The number of Topliss-reactive ketones (excluding diaryl/α,β-unsaturated/α-hetero) is 1. The molecule has 2 aromatic carbocycles. The van der Waals surface area contributed by atoms with Gasteiger partial charge in [0.25, 0.3) is 0 Å². The van der Waals surface area contributed by atoms with E-state index in [9.17, 15) is 9.18 Å². The van der Waals surface area contributed by atoms with Gasteiger partial charge in [0.05, 0.1) is 5.56 Å². The van der Waals surface area contributed by atoms with Crippen LogP contribution in [0.3, 0.4) is 0 Å². The van der Waals surface area contributed by atoms with Gasteiger partial charge >= 0.3 is 0 Å². The maximum absolute atomic E-state index is 13.6. The molecule has 0 atom stereocenters. The van der Waals surface area contributed by atoms with Gasteiger partial charge in [-0.2, -0.15) is 0 Å². The van der Waals surface area contributed by atoms with Crippen molar-refractivity contribution in [1.82, 2.24) is 0 Å². The van der Waals surface area contributed by atoms with Crippen molar-refractivity contribution in [2.75, 3.05) is 0 Å². The fourth-order valence-corrected chi connectivity index (χ4v) is 1.97. The molecule has 0 spiro atoms. The Morgan fingerprint density at radius 2 is 1.89 bits per heavy atom. The van der Waals surface area contributed by atoms with Gasteiger partial charge in [-0.15, -0.1) is 0 Å². The van der Waals surface area contributed by atoms with Crippen LogP contribution in [0.25, 0.3) is 0 Å². The summed E-state index contributed by atoms with van der Waals surface area (Å²) in [6.07, 6.45) is 0. The summed E-state index contributed by atoms with van der Waals surface area (Å²) in [5.41, 5.74) is 0.946. The Morgan fingerprint density at radius 3 is 2.53 bits per heavy atom. The van der Waals surface area contributed by atoms with Gasteiger partial charge in [0.1, 0.15) is 18.2 Å². The van der Waals surface area contributed by atoms with Crippen LogP contribution >= 0.6 is 15.9 Å². The van der Waals surface area contributed by atoms with E-state index < -0.39 is 5.82 Å². The molecule has 0 unspecified atom stereocenters. The topological polar surface area (TPSA) is 26.3 Å². The van der Waals surface area contributed by atoms with Crippen molar-refractivity contribution in [1.29, 1.82) is 0 Å². The summed E-state index contributed by atoms with van der Waals surface area (Å²) in [7, 11) is 0. The standard InChI is InChI=1S/C15H12BrFO2/c1-10(18)15-13(17)3-2-4-14(15)19-9-11-5-7-12(16)8-6-11/h2-8H,9H2,1H3. The highest BCUT2D eigenvalue weighted by atomic mass is 79.9. The largest absolute Gasteiger partial charge is 0.488 e. The molecule has 0 bridgehead atoms. The Balaban J connectivity index is 2.18. The molecule has 0 aliphatic carbocycles. The van der Waals surface area contributed by atoms with E-state index in [0.29, 0.717) is 0 Å². The average Bonchev–Trinajstić information content (AvgIpc) is 2.37. The summed E-state index contributed by atoms with van der Waals surface area (Å²) < 4.78 is 20.1. The number of hydrogen-bond acceptors (Lipinski definition) is 2. The molecule has 0 fully saturated rings. The maximum atomic E-state index is 13.6. The molecule has 0 amide bonds. The molecule has 0 heterocycles. The van der Waals surface area contributed by atoms with Crippen LogP contribution in [0.2, 0.25) is 0 Å². The summed E-state index contributed by atoms with van der Waals surface area (Å²) in [6.45, 7) is 1.61. The Bertz CT molecular complexity index is 594.